The molecule has 0 bridgehead atoms. The highest BCUT2D eigenvalue weighted by molar-refractivity contribution is 5.70. The molecule has 0 aromatic heterocycles. The minimum Gasteiger partial charge on any atom is -0.461 e. The minimum atomic E-state index is -0.445. The first-order chi connectivity index (χ1) is 10.9. The Labute approximate surface area is 138 Å². The highest BCUT2D eigenvalue weighted by Gasteiger charge is 2.15. The maximum absolute atomic E-state index is 11.6. The molecule has 1 aromatic rings. The molecule has 0 heterocycles. The number of ether oxygens (including phenoxy) is 2. The number of rotatable bonds is 9. The predicted octanol–water partition coefficient (Wildman–Crippen LogP) is 2.83. The zero-order valence-electron chi connectivity index (χ0n) is 14.3. The van der Waals surface area contributed by atoms with E-state index in [-0.39, 0.29) is 11.9 Å². The molecule has 0 atom stereocenters. The predicted molar refractivity (Wildman–Crippen MR) is 88.8 cm³/mol. The summed E-state index contributed by atoms with van der Waals surface area (Å²) in [6.07, 6.45) is 1.38. The van der Waals surface area contributed by atoms with Crippen LogP contribution >= 0.6 is 0 Å². The summed E-state index contributed by atoms with van der Waals surface area (Å²) in [7, 11) is 0. The number of esters is 2. The highest BCUT2D eigenvalue weighted by Crippen LogP contribution is 2.07. The third kappa shape index (κ3) is 10.5. The summed E-state index contributed by atoms with van der Waals surface area (Å²) in [4.78, 5) is 23.1. The number of benzene rings is 1. The Bertz CT molecular complexity index is 480. The molecule has 23 heavy (non-hydrogen) atoms. The van der Waals surface area contributed by atoms with Gasteiger partial charge < -0.3 is 14.8 Å². The lowest BCUT2D eigenvalue weighted by molar-refractivity contribution is -0.154. The number of nitrogens with one attached hydrogen (secondary N) is 1. The van der Waals surface area contributed by atoms with Crippen LogP contribution in [0.5, 0.6) is 0 Å². The van der Waals surface area contributed by atoms with Crippen LogP contribution in [0.2, 0.25) is 0 Å². The van der Waals surface area contributed by atoms with Gasteiger partial charge in [0.25, 0.3) is 0 Å². The van der Waals surface area contributed by atoms with Crippen molar-refractivity contribution in [3.8, 4) is 0 Å². The summed E-state index contributed by atoms with van der Waals surface area (Å²) in [5, 5.41) is 3.12. The molecule has 0 saturated carbocycles. The molecule has 0 spiro atoms. The van der Waals surface area contributed by atoms with Crippen molar-refractivity contribution < 1.29 is 19.1 Å². The molecule has 5 nitrogen and oxygen atoms in total. The molecular weight excluding hydrogens is 294 g/mol. The molecule has 0 saturated heterocycles. The fraction of sp³-hybridized carbons (Fsp3) is 0.556. The van der Waals surface area contributed by atoms with Crippen molar-refractivity contribution in [3.05, 3.63) is 35.9 Å². The lowest BCUT2D eigenvalue weighted by Crippen LogP contribution is -2.27. The van der Waals surface area contributed by atoms with Gasteiger partial charge >= 0.3 is 11.9 Å². The Morgan fingerprint density at radius 3 is 2.35 bits per heavy atom. The van der Waals surface area contributed by atoms with Crippen molar-refractivity contribution >= 4 is 11.9 Å². The van der Waals surface area contributed by atoms with Crippen molar-refractivity contribution in [1.82, 2.24) is 5.32 Å². The first-order valence-electron chi connectivity index (χ1n) is 7.99. The smallest absolute Gasteiger partial charge is 0.307 e. The topological polar surface area (TPSA) is 64.6 Å². The van der Waals surface area contributed by atoms with Gasteiger partial charge in [0.05, 0.1) is 6.42 Å². The van der Waals surface area contributed by atoms with E-state index in [1.54, 1.807) is 0 Å². The van der Waals surface area contributed by atoms with Crippen LogP contribution < -0.4 is 5.32 Å². The first kappa shape index (κ1) is 19.2. The molecule has 0 amide bonds. The molecule has 5 heteroatoms. The summed E-state index contributed by atoms with van der Waals surface area (Å²) < 4.78 is 10.4. The van der Waals surface area contributed by atoms with Crippen LogP contribution in [0.15, 0.2) is 30.3 Å². The van der Waals surface area contributed by atoms with Crippen molar-refractivity contribution in [2.24, 2.45) is 0 Å². The van der Waals surface area contributed by atoms with E-state index >= 15 is 0 Å². The summed E-state index contributed by atoms with van der Waals surface area (Å²) in [6.45, 7) is 7.07. The van der Waals surface area contributed by atoms with Gasteiger partial charge in [-0.05, 0) is 39.3 Å². The lowest BCUT2D eigenvalue weighted by atomic mass is 10.2. The molecular formula is C18H27NO4. The third-order valence-corrected chi connectivity index (χ3v) is 2.90. The molecule has 0 unspecified atom stereocenters. The maximum Gasteiger partial charge on any atom is 0.307 e. The zero-order valence-corrected chi connectivity index (χ0v) is 14.3. The fourth-order valence-electron chi connectivity index (χ4n) is 1.88. The number of carbonyl (C=O) groups excluding carboxylic acids is 2. The van der Waals surface area contributed by atoms with Gasteiger partial charge in [0.2, 0.25) is 0 Å². The zero-order chi connectivity index (χ0) is 17.1. The molecule has 1 rings (SSSR count). The van der Waals surface area contributed by atoms with Gasteiger partial charge in [-0.15, -0.1) is 0 Å². The standard InChI is InChI=1S/C18H27NO4/c1-18(2,3)23-17(21)11-13-19-12-7-10-16(20)22-14-15-8-5-4-6-9-15/h4-6,8-9,19H,7,10-14H2,1-3H3. The molecule has 1 N–H and O–H groups in total. The Kier molecular flexibility index (Phi) is 8.33. The van der Waals surface area contributed by atoms with Crippen LogP contribution in [-0.4, -0.2) is 30.6 Å². The van der Waals surface area contributed by atoms with E-state index in [0.717, 1.165) is 5.56 Å². The Morgan fingerprint density at radius 1 is 1.00 bits per heavy atom. The van der Waals surface area contributed by atoms with E-state index in [0.29, 0.717) is 39.0 Å². The van der Waals surface area contributed by atoms with Crippen molar-refractivity contribution in [2.75, 3.05) is 13.1 Å². The normalized spacial score (nSPS) is 11.1. The van der Waals surface area contributed by atoms with E-state index in [1.807, 2.05) is 51.1 Å². The number of carbonyl (C=O) groups is 2. The van der Waals surface area contributed by atoms with Gasteiger partial charge in [0.15, 0.2) is 0 Å². The Morgan fingerprint density at radius 2 is 1.70 bits per heavy atom. The molecule has 0 aliphatic carbocycles. The summed E-state index contributed by atoms with van der Waals surface area (Å²) >= 11 is 0. The largest absolute Gasteiger partial charge is 0.461 e. The highest BCUT2D eigenvalue weighted by atomic mass is 16.6. The molecule has 0 aliphatic rings. The van der Waals surface area contributed by atoms with Crippen LogP contribution in [0.3, 0.4) is 0 Å². The van der Waals surface area contributed by atoms with Crippen molar-refractivity contribution in [1.29, 1.82) is 0 Å². The number of hydrogen-bond acceptors (Lipinski definition) is 5. The first-order valence-corrected chi connectivity index (χ1v) is 7.99. The van der Waals surface area contributed by atoms with Gasteiger partial charge in [-0.1, -0.05) is 30.3 Å². The van der Waals surface area contributed by atoms with E-state index in [4.69, 9.17) is 9.47 Å². The molecule has 0 aliphatic heterocycles. The second-order valence-corrected chi connectivity index (χ2v) is 6.34. The van der Waals surface area contributed by atoms with Crippen molar-refractivity contribution in [3.63, 3.8) is 0 Å². The summed E-state index contributed by atoms with van der Waals surface area (Å²) in [6, 6.07) is 9.60. The Balaban J connectivity index is 2.00. The number of hydrogen-bond donors (Lipinski definition) is 1. The van der Waals surface area contributed by atoms with Gasteiger partial charge in [-0.3, -0.25) is 9.59 Å². The lowest BCUT2D eigenvalue weighted by Gasteiger charge is -2.19. The van der Waals surface area contributed by atoms with Crippen LogP contribution in [-0.2, 0) is 25.7 Å². The van der Waals surface area contributed by atoms with Crippen LogP contribution in [0.25, 0.3) is 0 Å². The van der Waals surface area contributed by atoms with E-state index in [1.165, 1.54) is 0 Å². The minimum absolute atomic E-state index is 0.206. The second-order valence-electron chi connectivity index (χ2n) is 6.34. The van der Waals surface area contributed by atoms with Gasteiger partial charge in [-0.25, -0.2) is 0 Å². The maximum atomic E-state index is 11.6. The van der Waals surface area contributed by atoms with Crippen LogP contribution in [0.1, 0.15) is 45.6 Å². The third-order valence-electron chi connectivity index (χ3n) is 2.90. The van der Waals surface area contributed by atoms with Gasteiger partial charge in [0.1, 0.15) is 12.2 Å². The van der Waals surface area contributed by atoms with Gasteiger partial charge in [0, 0.05) is 13.0 Å². The monoisotopic (exact) mass is 321 g/mol. The Hall–Kier alpha value is -1.88. The molecule has 0 fully saturated rings. The molecule has 0 radical (unpaired) electrons. The van der Waals surface area contributed by atoms with E-state index in [9.17, 15) is 9.59 Å². The summed E-state index contributed by atoms with van der Waals surface area (Å²) in [5.41, 5.74) is 0.538. The van der Waals surface area contributed by atoms with Crippen molar-refractivity contribution in [2.45, 2.75) is 52.2 Å². The average molecular weight is 321 g/mol. The molecule has 1 aromatic carbocycles. The van der Waals surface area contributed by atoms with E-state index in [2.05, 4.69) is 5.32 Å². The SMILES string of the molecule is CC(C)(C)OC(=O)CCNCCCC(=O)OCc1ccccc1. The summed E-state index contributed by atoms with van der Waals surface area (Å²) in [5.74, 6) is -0.421. The second kappa shape index (κ2) is 10.0. The van der Waals surface area contributed by atoms with Crippen LogP contribution in [0.4, 0.5) is 0 Å². The van der Waals surface area contributed by atoms with Crippen LogP contribution in [0, 0.1) is 0 Å². The average Bonchev–Trinajstić information content (AvgIpc) is 2.48. The van der Waals surface area contributed by atoms with E-state index < -0.39 is 5.60 Å². The molecule has 128 valence electrons. The fourth-order valence-corrected chi connectivity index (χ4v) is 1.88. The quantitative estimate of drug-likeness (QED) is 0.560. The van der Waals surface area contributed by atoms with Gasteiger partial charge in [-0.2, -0.15) is 0 Å².